The number of amides is 1. The average Bonchev–Trinajstić information content (AvgIpc) is 3.21. The van der Waals surface area contributed by atoms with E-state index in [1.165, 1.54) is 0 Å². The smallest absolute Gasteiger partial charge is 0.257 e. The van der Waals surface area contributed by atoms with Crippen LogP contribution < -0.4 is 4.74 Å². The monoisotopic (exact) mass is 449 g/mol. The number of benzene rings is 2. The molecule has 2 unspecified atom stereocenters. The molecule has 7 heteroatoms. The topological polar surface area (TPSA) is 65.9 Å². The largest absolute Gasteiger partial charge is 0.497 e. The zero-order valence-corrected chi connectivity index (χ0v) is 18.5. The predicted octanol–water partition coefficient (Wildman–Crippen LogP) is 3.47. The molecule has 6 nitrogen and oxygen atoms in total. The van der Waals surface area contributed by atoms with E-state index >= 15 is 0 Å². The van der Waals surface area contributed by atoms with Crippen LogP contribution in [0.4, 0.5) is 0 Å². The first-order chi connectivity index (χ1) is 15.5. The summed E-state index contributed by atoms with van der Waals surface area (Å²) in [6, 6.07) is 18.8. The number of carbonyl (C=O) groups is 1. The van der Waals surface area contributed by atoms with Gasteiger partial charge in [0.2, 0.25) is 0 Å². The fourth-order valence-electron chi connectivity index (χ4n) is 4.97. The Labute approximate surface area is 192 Å². The van der Waals surface area contributed by atoms with Crippen LogP contribution in [-0.4, -0.2) is 52.2 Å². The van der Waals surface area contributed by atoms with Crippen molar-refractivity contribution in [3.05, 3.63) is 94.3 Å². The summed E-state index contributed by atoms with van der Waals surface area (Å²) in [5.74, 6) is 0.710. The molecule has 1 saturated heterocycles. The quantitative estimate of drug-likeness (QED) is 0.646. The maximum atomic E-state index is 13.5. The maximum Gasteiger partial charge on any atom is 0.257 e. The standard InChI is InChI=1S/C25H24ClN3O3/c1-32-20-10-4-17(5-11-20)15-23(30)28-13-14-29-24(31)21-3-2-12-27-22(21)16-25(28,29)18-6-8-19(26)9-7-18/h2-12,23,30H,13-16H2,1H3. The van der Waals surface area contributed by atoms with Crippen molar-refractivity contribution in [2.45, 2.75) is 24.7 Å². The Kier molecular flexibility index (Phi) is 5.37. The van der Waals surface area contributed by atoms with Gasteiger partial charge in [-0.2, -0.15) is 0 Å². The fourth-order valence-corrected chi connectivity index (χ4v) is 5.10. The second-order valence-electron chi connectivity index (χ2n) is 8.18. The van der Waals surface area contributed by atoms with Gasteiger partial charge in [-0.25, -0.2) is 4.90 Å². The molecule has 2 aliphatic rings. The van der Waals surface area contributed by atoms with E-state index in [1.807, 2.05) is 64.4 Å². The molecule has 3 heterocycles. The van der Waals surface area contributed by atoms with Crippen molar-refractivity contribution in [3.63, 3.8) is 0 Å². The second-order valence-corrected chi connectivity index (χ2v) is 8.62. The summed E-state index contributed by atoms with van der Waals surface area (Å²) in [6.07, 6.45) is 1.85. The predicted molar refractivity (Wildman–Crippen MR) is 122 cm³/mol. The zero-order chi connectivity index (χ0) is 22.3. The van der Waals surface area contributed by atoms with Gasteiger partial charge in [0.25, 0.3) is 5.91 Å². The highest BCUT2D eigenvalue weighted by atomic mass is 35.5. The molecule has 2 aromatic carbocycles. The number of aliphatic hydroxyl groups is 1. The number of aromatic nitrogens is 1. The van der Waals surface area contributed by atoms with Gasteiger partial charge in [0, 0.05) is 37.2 Å². The van der Waals surface area contributed by atoms with E-state index in [9.17, 15) is 9.90 Å². The lowest BCUT2D eigenvalue weighted by Crippen LogP contribution is -2.59. The number of pyridine rings is 1. The highest BCUT2D eigenvalue weighted by Gasteiger charge is 2.56. The molecule has 2 aliphatic heterocycles. The van der Waals surface area contributed by atoms with E-state index in [0.717, 1.165) is 22.6 Å². The van der Waals surface area contributed by atoms with E-state index < -0.39 is 11.9 Å². The number of ether oxygens (including phenoxy) is 1. The fraction of sp³-hybridized carbons (Fsp3) is 0.280. The third-order valence-corrected chi connectivity index (χ3v) is 6.76. The van der Waals surface area contributed by atoms with Crippen molar-refractivity contribution in [3.8, 4) is 5.75 Å². The Balaban J connectivity index is 1.56. The van der Waals surface area contributed by atoms with E-state index in [2.05, 4.69) is 4.98 Å². The summed E-state index contributed by atoms with van der Waals surface area (Å²) < 4.78 is 5.24. The van der Waals surface area contributed by atoms with Crippen LogP contribution in [0.3, 0.4) is 0 Å². The molecule has 2 atom stereocenters. The minimum Gasteiger partial charge on any atom is -0.497 e. The molecule has 1 N–H and O–H groups in total. The van der Waals surface area contributed by atoms with Gasteiger partial charge in [-0.3, -0.25) is 9.78 Å². The Bertz CT molecular complexity index is 1140. The van der Waals surface area contributed by atoms with Gasteiger partial charge in [0.05, 0.1) is 18.4 Å². The SMILES string of the molecule is COc1ccc(CC(O)N2CCN3C(=O)c4cccnc4CC32c2ccc(Cl)cc2)cc1. The molecule has 1 amide bonds. The first-order valence-electron chi connectivity index (χ1n) is 10.6. The molecule has 1 fully saturated rings. The van der Waals surface area contributed by atoms with Crippen LogP contribution in [0, 0.1) is 0 Å². The van der Waals surface area contributed by atoms with Crippen molar-refractivity contribution >= 4 is 17.5 Å². The number of carbonyl (C=O) groups excluding carboxylic acids is 1. The molecule has 1 aromatic heterocycles. The van der Waals surface area contributed by atoms with Crippen molar-refractivity contribution < 1.29 is 14.6 Å². The summed E-state index contributed by atoms with van der Waals surface area (Å²) in [5, 5.41) is 12.0. The van der Waals surface area contributed by atoms with Gasteiger partial charge < -0.3 is 14.7 Å². The van der Waals surface area contributed by atoms with Crippen LogP contribution in [0.15, 0.2) is 66.9 Å². The summed E-state index contributed by atoms with van der Waals surface area (Å²) in [6.45, 7) is 1.08. The van der Waals surface area contributed by atoms with Gasteiger partial charge in [0.1, 0.15) is 17.6 Å². The van der Waals surface area contributed by atoms with Crippen LogP contribution in [-0.2, 0) is 18.5 Å². The molecule has 0 radical (unpaired) electrons. The van der Waals surface area contributed by atoms with E-state index in [1.54, 1.807) is 19.4 Å². The third kappa shape index (κ3) is 3.35. The molecule has 0 saturated carbocycles. The van der Waals surface area contributed by atoms with E-state index in [4.69, 9.17) is 16.3 Å². The summed E-state index contributed by atoms with van der Waals surface area (Å²) >= 11 is 6.17. The lowest BCUT2D eigenvalue weighted by Gasteiger charge is -2.48. The number of aliphatic hydroxyl groups excluding tert-OH is 1. The number of rotatable bonds is 5. The number of hydrogen-bond donors (Lipinski definition) is 1. The molecule has 0 spiro atoms. The Morgan fingerprint density at radius 1 is 1.12 bits per heavy atom. The highest BCUT2D eigenvalue weighted by Crippen LogP contribution is 2.45. The third-order valence-electron chi connectivity index (χ3n) is 6.51. The number of methoxy groups -OCH3 is 1. The minimum atomic E-state index is -0.824. The van der Waals surface area contributed by atoms with Gasteiger partial charge in [0.15, 0.2) is 0 Å². The molecule has 5 rings (SSSR count). The maximum absolute atomic E-state index is 13.5. The Hall–Kier alpha value is -2.93. The molecule has 32 heavy (non-hydrogen) atoms. The van der Waals surface area contributed by atoms with E-state index in [-0.39, 0.29) is 5.91 Å². The molecular weight excluding hydrogens is 426 g/mol. The first-order valence-corrected chi connectivity index (χ1v) is 11.0. The van der Waals surface area contributed by atoms with Crippen LogP contribution in [0.2, 0.25) is 5.02 Å². The minimum absolute atomic E-state index is 0.0616. The summed E-state index contributed by atoms with van der Waals surface area (Å²) in [7, 11) is 1.63. The number of hydrogen-bond acceptors (Lipinski definition) is 5. The van der Waals surface area contributed by atoms with Gasteiger partial charge >= 0.3 is 0 Å². The van der Waals surface area contributed by atoms with Crippen molar-refractivity contribution in [1.82, 2.24) is 14.8 Å². The normalized spacial score (nSPS) is 21.2. The number of fused-ring (bicyclic) bond motifs is 2. The van der Waals surface area contributed by atoms with E-state index in [0.29, 0.717) is 36.5 Å². The van der Waals surface area contributed by atoms with Gasteiger partial charge in [-0.15, -0.1) is 0 Å². The first kappa shape index (κ1) is 20.9. The number of halogens is 1. The van der Waals surface area contributed by atoms with Crippen molar-refractivity contribution in [1.29, 1.82) is 0 Å². The average molecular weight is 450 g/mol. The van der Waals surface area contributed by atoms with Crippen molar-refractivity contribution in [2.75, 3.05) is 20.2 Å². The zero-order valence-electron chi connectivity index (χ0n) is 17.7. The molecule has 0 bridgehead atoms. The number of nitrogens with zero attached hydrogens (tertiary/aromatic N) is 3. The summed E-state index contributed by atoms with van der Waals surface area (Å²) in [5.41, 5.74) is 2.45. The van der Waals surface area contributed by atoms with Gasteiger partial charge in [-0.1, -0.05) is 35.9 Å². The molecule has 0 aliphatic carbocycles. The Morgan fingerprint density at radius 2 is 1.88 bits per heavy atom. The Morgan fingerprint density at radius 3 is 2.59 bits per heavy atom. The van der Waals surface area contributed by atoms with Crippen LogP contribution in [0.5, 0.6) is 5.75 Å². The molecule has 3 aromatic rings. The molecule has 164 valence electrons. The lowest BCUT2D eigenvalue weighted by molar-refractivity contribution is -0.0879. The highest BCUT2D eigenvalue weighted by molar-refractivity contribution is 6.30. The van der Waals surface area contributed by atoms with Crippen molar-refractivity contribution in [2.24, 2.45) is 0 Å². The van der Waals surface area contributed by atoms with Gasteiger partial charge in [-0.05, 0) is 47.5 Å². The van der Waals surface area contributed by atoms with Crippen LogP contribution in [0.25, 0.3) is 0 Å². The summed E-state index contributed by atoms with van der Waals surface area (Å²) in [4.78, 5) is 21.9. The lowest BCUT2D eigenvalue weighted by atomic mass is 9.86. The van der Waals surface area contributed by atoms with Crippen LogP contribution in [0.1, 0.15) is 27.2 Å². The second kappa shape index (κ2) is 8.20. The van der Waals surface area contributed by atoms with Crippen LogP contribution >= 0.6 is 11.6 Å². The molecular formula is C25H24ClN3O3.